The second-order valence-electron chi connectivity index (χ2n) is 13.8. The number of fused-ring (bicyclic) bond motifs is 6. The fraction of sp³-hybridized carbons (Fsp3) is 0.447. The Morgan fingerprint density at radius 3 is 2.17 bits per heavy atom. The molecule has 2 atom stereocenters. The first-order valence-corrected chi connectivity index (χ1v) is 15.8. The van der Waals surface area contributed by atoms with Gasteiger partial charge in [0.15, 0.2) is 0 Å². The van der Waals surface area contributed by atoms with Crippen molar-refractivity contribution in [2.75, 3.05) is 0 Å². The molecule has 0 saturated carbocycles. The second kappa shape index (κ2) is 9.89. The van der Waals surface area contributed by atoms with Crippen molar-refractivity contribution < 1.29 is 4.57 Å². The molecule has 0 bridgehead atoms. The van der Waals surface area contributed by atoms with Crippen LogP contribution in [-0.2, 0) is 30.8 Å². The molecule has 3 heterocycles. The van der Waals surface area contributed by atoms with Gasteiger partial charge in [-0.15, -0.1) is 0 Å². The zero-order valence-electron chi connectivity index (χ0n) is 26.7. The molecule has 1 aliphatic heterocycles. The summed E-state index contributed by atoms with van der Waals surface area (Å²) in [6.45, 7) is 19.1. The van der Waals surface area contributed by atoms with Crippen molar-refractivity contribution in [3.05, 3.63) is 83.7 Å². The van der Waals surface area contributed by atoms with Gasteiger partial charge in [0.1, 0.15) is 23.6 Å². The average molecular weight is 547 g/mol. The summed E-state index contributed by atoms with van der Waals surface area (Å²) in [5.74, 6) is 2.46. The Morgan fingerprint density at radius 1 is 0.829 bits per heavy atom. The van der Waals surface area contributed by atoms with Crippen LogP contribution in [0.3, 0.4) is 0 Å². The van der Waals surface area contributed by atoms with Gasteiger partial charge >= 0.3 is 0 Å². The molecule has 0 fully saturated rings. The van der Waals surface area contributed by atoms with Crippen LogP contribution in [-0.4, -0.2) is 9.13 Å². The molecule has 0 spiro atoms. The Labute approximate surface area is 246 Å². The zero-order chi connectivity index (χ0) is 29.3. The van der Waals surface area contributed by atoms with Crippen LogP contribution in [0.25, 0.3) is 38.9 Å². The van der Waals surface area contributed by atoms with Crippen molar-refractivity contribution in [3.8, 4) is 17.1 Å². The number of hydrogen-bond acceptors (Lipinski definition) is 0. The maximum atomic E-state index is 2.62. The normalized spacial score (nSPS) is 20.4. The summed E-state index contributed by atoms with van der Waals surface area (Å²) in [7, 11) is 2.26. The van der Waals surface area contributed by atoms with Crippen LogP contribution in [0.15, 0.2) is 67.0 Å². The largest absolute Gasteiger partial charge is 0.343 e. The van der Waals surface area contributed by atoms with Crippen LogP contribution in [0.2, 0.25) is 0 Å². The maximum absolute atomic E-state index is 2.62. The summed E-state index contributed by atoms with van der Waals surface area (Å²) in [5, 5.41) is 2.75. The van der Waals surface area contributed by atoms with Crippen molar-refractivity contribution in [1.29, 1.82) is 0 Å². The first-order chi connectivity index (χ1) is 19.6. The maximum Gasteiger partial charge on any atom is 0.294 e. The lowest BCUT2D eigenvalue weighted by Gasteiger charge is -2.47. The second-order valence-corrected chi connectivity index (χ2v) is 13.8. The van der Waals surface area contributed by atoms with Crippen molar-refractivity contribution in [2.45, 2.75) is 92.0 Å². The third-order valence-corrected chi connectivity index (χ3v) is 10.5. The van der Waals surface area contributed by atoms with E-state index in [-0.39, 0.29) is 11.0 Å². The first kappa shape index (κ1) is 27.8. The number of hydrogen-bond donors (Lipinski definition) is 0. The third kappa shape index (κ3) is 3.87. The van der Waals surface area contributed by atoms with Crippen LogP contribution in [0.5, 0.6) is 0 Å². The number of para-hydroxylation sites is 1. The van der Waals surface area contributed by atoms with Gasteiger partial charge in [0.25, 0.3) is 5.82 Å². The molecule has 3 aromatic carbocycles. The predicted octanol–water partition coefficient (Wildman–Crippen LogP) is 9.28. The van der Waals surface area contributed by atoms with Crippen molar-refractivity contribution in [2.24, 2.45) is 18.9 Å². The highest BCUT2D eigenvalue weighted by Crippen LogP contribution is 2.50. The zero-order valence-corrected chi connectivity index (χ0v) is 26.7. The van der Waals surface area contributed by atoms with Gasteiger partial charge in [0, 0.05) is 28.9 Å². The van der Waals surface area contributed by atoms with Crippen molar-refractivity contribution in [3.63, 3.8) is 0 Å². The van der Waals surface area contributed by atoms with E-state index < -0.39 is 0 Å². The fourth-order valence-electron chi connectivity index (χ4n) is 8.06. The summed E-state index contributed by atoms with van der Waals surface area (Å²) < 4.78 is 7.64. The number of imidazole rings is 1. The third-order valence-electron chi connectivity index (χ3n) is 10.5. The standard InChI is InChI=1S/C38H48N3/c1-10-37(7)31-18-14-12-16-29(31)36-40(20-21-41(36)38(37,8)11-2)35-28(23-26(5)6)24-27(22-25(3)4)34-33(35)30-17-13-15-19-32(30)39(34)9/h12-21,24-26H,10-11,22-23H2,1-9H3/q+1. The topological polar surface area (TPSA) is 13.7 Å². The molecular weight excluding hydrogens is 498 g/mol. The lowest BCUT2D eigenvalue weighted by Crippen LogP contribution is -2.67. The van der Waals surface area contributed by atoms with E-state index in [1.807, 2.05) is 0 Å². The highest BCUT2D eigenvalue weighted by molar-refractivity contribution is 6.14. The molecule has 1 aliphatic rings. The highest BCUT2D eigenvalue weighted by Gasteiger charge is 2.55. The van der Waals surface area contributed by atoms with Gasteiger partial charge in [-0.1, -0.05) is 84.9 Å². The summed E-state index contributed by atoms with van der Waals surface area (Å²) in [4.78, 5) is 0. The molecule has 214 valence electrons. The smallest absolute Gasteiger partial charge is 0.294 e. The van der Waals surface area contributed by atoms with E-state index in [0.717, 1.165) is 25.7 Å². The molecule has 0 radical (unpaired) electrons. The minimum atomic E-state index is -0.0373. The lowest BCUT2D eigenvalue weighted by molar-refractivity contribution is -0.764. The molecule has 0 N–H and O–H groups in total. The Balaban J connectivity index is 1.79. The molecule has 6 rings (SSSR count). The first-order valence-electron chi connectivity index (χ1n) is 15.8. The SMILES string of the molecule is CCC1(C)c2ccccc2-c2n(-c3c(CC(C)C)cc(CC(C)C)c4c3c3ccccc3n4C)cc[n+]2C1(C)CC. The number of benzene rings is 3. The summed E-state index contributed by atoms with van der Waals surface area (Å²) >= 11 is 0. The predicted molar refractivity (Wildman–Crippen MR) is 174 cm³/mol. The molecule has 2 unspecified atom stereocenters. The molecule has 0 amide bonds. The van der Waals surface area contributed by atoms with Crippen LogP contribution in [0.1, 0.15) is 84.9 Å². The van der Waals surface area contributed by atoms with E-state index >= 15 is 0 Å². The van der Waals surface area contributed by atoms with Gasteiger partial charge in [-0.3, -0.25) is 0 Å². The van der Waals surface area contributed by atoms with Crippen LogP contribution >= 0.6 is 0 Å². The van der Waals surface area contributed by atoms with Gasteiger partial charge in [-0.2, -0.15) is 4.57 Å². The van der Waals surface area contributed by atoms with E-state index in [4.69, 9.17) is 0 Å². The van der Waals surface area contributed by atoms with Crippen molar-refractivity contribution >= 4 is 21.8 Å². The van der Waals surface area contributed by atoms with Crippen LogP contribution < -0.4 is 4.57 Å². The number of aryl methyl sites for hydroxylation is 1. The molecule has 41 heavy (non-hydrogen) atoms. The lowest BCUT2D eigenvalue weighted by atomic mass is 9.61. The number of nitrogens with zero attached hydrogens (tertiary/aromatic N) is 3. The van der Waals surface area contributed by atoms with Crippen LogP contribution in [0, 0.1) is 11.8 Å². The average Bonchev–Trinajstić information content (AvgIpc) is 3.52. The van der Waals surface area contributed by atoms with Crippen LogP contribution in [0.4, 0.5) is 0 Å². The molecule has 2 aromatic heterocycles. The summed E-state index contributed by atoms with van der Waals surface area (Å²) in [6.07, 6.45) is 9.04. The monoisotopic (exact) mass is 546 g/mol. The minimum Gasteiger partial charge on any atom is -0.343 e. The van der Waals surface area contributed by atoms with E-state index in [9.17, 15) is 0 Å². The number of aromatic nitrogens is 3. The molecule has 0 aliphatic carbocycles. The molecular formula is C38H48N3+. The molecule has 3 nitrogen and oxygen atoms in total. The van der Waals surface area contributed by atoms with Gasteiger partial charge in [-0.25, -0.2) is 4.57 Å². The molecule has 3 heteroatoms. The Hall–Kier alpha value is -3.33. The Bertz CT molecular complexity index is 1760. The number of rotatable bonds is 7. The van der Waals surface area contributed by atoms with Crippen molar-refractivity contribution in [1.82, 2.24) is 9.13 Å². The Kier molecular flexibility index (Phi) is 6.71. The molecule has 5 aromatic rings. The molecule has 0 saturated heterocycles. The van der Waals surface area contributed by atoms with Gasteiger partial charge in [0.2, 0.25) is 0 Å². The van der Waals surface area contributed by atoms with E-state index in [1.54, 1.807) is 0 Å². The van der Waals surface area contributed by atoms with E-state index in [2.05, 4.69) is 143 Å². The quantitative estimate of drug-likeness (QED) is 0.181. The fourth-order valence-corrected chi connectivity index (χ4v) is 8.06. The van der Waals surface area contributed by atoms with Gasteiger partial charge in [-0.05, 0) is 73.8 Å². The van der Waals surface area contributed by atoms with Gasteiger partial charge < -0.3 is 4.57 Å². The van der Waals surface area contributed by atoms with Gasteiger partial charge in [0.05, 0.1) is 16.5 Å². The van der Waals surface area contributed by atoms with E-state index in [1.165, 1.54) is 55.6 Å². The van der Waals surface area contributed by atoms with E-state index in [0.29, 0.717) is 11.8 Å². The Morgan fingerprint density at radius 2 is 1.49 bits per heavy atom. The highest BCUT2D eigenvalue weighted by atomic mass is 15.2. The minimum absolute atomic E-state index is 0.0373. The summed E-state index contributed by atoms with van der Waals surface area (Å²) in [6, 6.07) is 20.8. The summed E-state index contributed by atoms with van der Waals surface area (Å²) in [5.41, 5.74) is 9.82.